The number of phosphoric acid groups is 3. The highest BCUT2D eigenvalue weighted by atomic mass is 32.2. The van der Waals surface area contributed by atoms with Crippen LogP contribution >= 0.6 is 35.2 Å². The number of aliphatic hydroxyl groups is 2. The van der Waals surface area contributed by atoms with E-state index in [1.165, 1.54) is 13.8 Å². The molecule has 25 nitrogen and oxygen atoms in total. The molecular weight excluding hydrogens is 821 g/mol. The number of fused-ring (bicyclic) bond motifs is 1. The summed E-state index contributed by atoms with van der Waals surface area (Å²) in [6.07, 6.45) is -6.51. The number of nitrogens with two attached hydrogens (primary N) is 2. The van der Waals surface area contributed by atoms with E-state index in [-0.39, 0.29) is 47.4 Å². The molecule has 312 valence electrons. The average molecular weight is 867 g/mol. The maximum atomic E-state index is 12.7. The largest absolute Gasteiger partial charge is 0.481 e. The van der Waals surface area contributed by atoms with E-state index in [0.29, 0.717) is 6.42 Å². The fourth-order valence-corrected chi connectivity index (χ4v) is 8.28. The fraction of sp³-hybridized carbons (Fsp3) is 0.692. The minimum absolute atomic E-state index is 0.0280. The highest BCUT2D eigenvalue weighted by molar-refractivity contribution is 8.13. The van der Waals surface area contributed by atoms with Gasteiger partial charge >= 0.3 is 23.5 Å². The lowest BCUT2D eigenvalue weighted by atomic mass is 9.87. The number of nitrogens with zero attached hydrogens (tertiary/aromatic N) is 4. The molecule has 0 bridgehead atoms. The van der Waals surface area contributed by atoms with Crippen LogP contribution in [-0.4, -0.2) is 128 Å². The van der Waals surface area contributed by atoms with Crippen LogP contribution in [0.2, 0.25) is 0 Å². The molecule has 55 heavy (non-hydrogen) atoms. The van der Waals surface area contributed by atoms with Crippen LogP contribution in [0.3, 0.4) is 0 Å². The number of anilines is 1. The molecule has 0 radical (unpaired) electrons. The number of nitrogens with one attached hydrogen (secondary N) is 2. The Morgan fingerprint density at radius 3 is 2.35 bits per heavy atom. The molecule has 1 fully saturated rings. The van der Waals surface area contributed by atoms with Gasteiger partial charge in [0.25, 0.3) is 0 Å². The number of rotatable bonds is 21. The molecule has 0 saturated carbocycles. The fourth-order valence-electron chi connectivity index (χ4n) is 4.58. The van der Waals surface area contributed by atoms with Crippen molar-refractivity contribution < 1.29 is 80.5 Å². The van der Waals surface area contributed by atoms with Gasteiger partial charge in [-0.25, -0.2) is 28.6 Å². The number of imidazole rings is 1. The normalized spacial score (nSPS) is 23.0. The number of hydrogen-bond acceptors (Lipinski definition) is 19. The Kier molecular flexibility index (Phi) is 16.1. The molecule has 0 aromatic carbocycles. The van der Waals surface area contributed by atoms with Gasteiger partial charge in [-0.3, -0.25) is 32.5 Å². The summed E-state index contributed by atoms with van der Waals surface area (Å²) in [6, 6.07) is 0. The highest BCUT2D eigenvalue weighted by Gasteiger charge is 2.50. The maximum absolute atomic E-state index is 12.7. The lowest BCUT2D eigenvalue weighted by Crippen LogP contribution is -2.46. The summed E-state index contributed by atoms with van der Waals surface area (Å²) >= 11 is 0.977. The van der Waals surface area contributed by atoms with Gasteiger partial charge in [0.2, 0.25) is 16.9 Å². The Balaban J connectivity index is 1.50. The first-order valence-electron chi connectivity index (χ1n) is 16.1. The van der Waals surface area contributed by atoms with Gasteiger partial charge in [-0.2, -0.15) is 4.31 Å². The SMILES string of the molecule is CC[C@@](C)(N)C(=O)SCCNC(=O)CCNC(=O)C(O)C(C)(C)COP(=O)(O)OP(=O)(O)OCC1OC(n2cnc3c(N)ncnc32)C(O)C1OP(=O)(O)O. The van der Waals surface area contributed by atoms with Crippen molar-refractivity contribution in [2.24, 2.45) is 11.1 Å². The quantitative estimate of drug-likeness (QED) is 0.0520. The molecule has 0 aliphatic carbocycles. The molecule has 7 unspecified atom stereocenters. The molecule has 2 aromatic heterocycles. The molecule has 12 N–H and O–H groups in total. The Labute approximate surface area is 317 Å². The van der Waals surface area contributed by atoms with Crippen LogP contribution in [0.4, 0.5) is 5.82 Å². The molecule has 3 heterocycles. The lowest BCUT2D eigenvalue weighted by Gasteiger charge is -2.30. The van der Waals surface area contributed by atoms with Crippen LogP contribution in [0, 0.1) is 5.41 Å². The third-order valence-corrected chi connectivity index (χ3v) is 12.2. The van der Waals surface area contributed by atoms with Crippen molar-refractivity contribution in [3.05, 3.63) is 12.7 Å². The number of phosphoric ester groups is 3. The topological polar surface area (TPSA) is 390 Å². The van der Waals surface area contributed by atoms with E-state index in [4.69, 9.17) is 25.3 Å². The third-order valence-electron chi connectivity index (χ3n) is 7.94. The molecular formula is C26H45N8O17P3S. The summed E-state index contributed by atoms with van der Waals surface area (Å²) in [6.45, 7) is 3.79. The van der Waals surface area contributed by atoms with Crippen molar-refractivity contribution in [1.29, 1.82) is 0 Å². The Bertz CT molecular complexity index is 1830. The van der Waals surface area contributed by atoms with E-state index in [9.17, 15) is 57.9 Å². The van der Waals surface area contributed by atoms with Gasteiger partial charge in [0.05, 0.1) is 25.1 Å². The molecule has 1 aliphatic heterocycles. The van der Waals surface area contributed by atoms with Gasteiger partial charge < -0.3 is 56.6 Å². The minimum atomic E-state index is -5.57. The Morgan fingerprint density at radius 1 is 1.05 bits per heavy atom. The Hall–Kier alpha value is -2.48. The third kappa shape index (κ3) is 13.6. The standard InChI is InChI=1S/C26H45N8O17P3S/c1-5-26(4,28)24(39)55-9-8-29-15(35)6-7-30-22(38)19(37)25(2,3)11-48-54(45,46)51-53(43,44)47-10-14-18(50-52(40,41)42)17(36)23(49-14)34-13-33-16-20(27)31-12-32-21(16)34/h12-14,17-19,23,36-37H,5-11,28H2,1-4H3,(H,29,35)(H,30,38)(H,43,44)(H,45,46)(H2,27,31,32)(H2,40,41,42)/t14?,17?,18?,19?,23?,26-/m1/s1. The number of thioether (sulfide) groups is 1. The van der Waals surface area contributed by atoms with Crippen molar-refractivity contribution in [2.45, 2.75) is 76.7 Å². The van der Waals surface area contributed by atoms with Gasteiger partial charge in [-0.1, -0.05) is 32.5 Å². The van der Waals surface area contributed by atoms with Crippen LogP contribution in [0.1, 0.15) is 46.8 Å². The highest BCUT2D eigenvalue weighted by Crippen LogP contribution is 2.61. The first-order chi connectivity index (χ1) is 25.3. The molecule has 1 saturated heterocycles. The van der Waals surface area contributed by atoms with E-state index in [2.05, 4.69) is 34.4 Å². The van der Waals surface area contributed by atoms with Crippen molar-refractivity contribution in [2.75, 3.05) is 37.8 Å². The second-order valence-electron chi connectivity index (χ2n) is 13.0. The van der Waals surface area contributed by atoms with Gasteiger partial charge in [0, 0.05) is 30.7 Å². The number of nitrogen functional groups attached to an aromatic ring is 1. The zero-order valence-corrected chi connectivity index (χ0v) is 33.4. The summed E-state index contributed by atoms with van der Waals surface area (Å²) in [5.41, 5.74) is 9.13. The Morgan fingerprint density at radius 2 is 1.71 bits per heavy atom. The molecule has 3 rings (SSSR count). The second-order valence-corrected chi connectivity index (χ2v) is 18.3. The van der Waals surface area contributed by atoms with Gasteiger partial charge in [0.15, 0.2) is 17.7 Å². The molecule has 1 aliphatic rings. The molecule has 2 amide bonds. The monoisotopic (exact) mass is 866 g/mol. The van der Waals surface area contributed by atoms with Crippen LogP contribution in [0.5, 0.6) is 0 Å². The number of aromatic nitrogens is 4. The van der Waals surface area contributed by atoms with Crippen molar-refractivity contribution in [3.63, 3.8) is 0 Å². The minimum Gasteiger partial charge on any atom is -0.386 e. The summed E-state index contributed by atoms with van der Waals surface area (Å²) < 4.78 is 62.0. The number of ether oxygens (including phenoxy) is 1. The van der Waals surface area contributed by atoms with E-state index in [1.807, 2.05) is 0 Å². The number of carbonyl (C=O) groups is 3. The number of carbonyl (C=O) groups excluding carboxylic acids is 3. The van der Waals surface area contributed by atoms with Crippen molar-refractivity contribution in [1.82, 2.24) is 30.2 Å². The van der Waals surface area contributed by atoms with Crippen molar-refractivity contribution >= 4 is 69.1 Å². The molecule has 0 spiro atoms. The van der Waals surface area contributed by atoms with Crippen LogP contribution in [0.25, 0.3) is 11.2 Å². The van der Waals surface area contributed by atoms with E-state index in [0.717, 1.165) is 29.0 Å². The number of aliphatic hydroxyl groups excluding tert-OH is 2. The van der Waals surface area contributed by atoms with Gasteiger partial charge in [-0.05, 0) is 13.3 Å². The first-order valence-corrected chi connectivity index (χ1v) is 21.6. The zero-order chi connectivity index (χ0) is 41.6. The second kappa shape index (κ2) is 18.9. The summed E-state index contributed by atoms with van der Waals surface area (Å²) in [4.78, 5) is 87.5. The van der Waals surface area contributed by atoms with Crippen LogP contribution in [-0.2, 0) is 50.7 Å². The molecule has 8 atom stereocenters. The smallest absolute Gasteiger partial charge is 0.386 e. The van der Waals surface area contributed by atoms with Gasteiger partial charge in [0.1, 0.15) is 36.3 Å². The summed E-state index contributed by atoms with van der Waals surface area (Å²) in [5.74, 6) is -1.22. The number of hydrogen-bond donors (Lipinski definition) is 10. The van der Waals surface area contributed by atoms with E-state index >= 15 is 0 Å². The van der Waals surface area contributed by atoms with Crippen LogP contribution in [0.15, 0.2) is 12.7 Å². The average Bonchev–Trinajstić information content (AvgIpc) is 3.64. The van der Waals surface area contributed by atoms with Crippen molar-refractivity contribution in [3.8, 4) is 0 Å². The maximum Gasteiger partial charge on any atom is 0.481 e. The van der Waals surface area contributed by atoms with Gasteiger partial charge in [-0.15, -0.1) is 0 Å². The molecule has 29 heteroatoms. The number of amides is 2. The summed E-state index contributed by atoms with van der Waals surface area (Å²) in [5, 5.41) is 26.1. The van der Waals surface area contributed by atoms with E-state index in [1.54, 1.807) is 13.8 Å². The van der Waals surface area contributed by atoms with E-state index < -0.39 is 90.1 Å². The first kappa shape index (κ1) is 46.9. The zero-order valence-electron chi connectivity index (χ0n) is 29.9. The summed E-state index contributed by atoms with van der Waals surface area (Å²) in [7, 11) is -16.4. The predicted octanol–water partition coefficient (Wildman–Crippen LogP) is -1.21. The lowest BCUT2D eigenvalue weighted by molar-refractivity contribution is -0.137. The predicted molar refractivity (Wildman–Crippen MR) is 190 cm³/mol. The molecule has 2 aromatic rings. The van der Waals surface area contributed by atoms with Crippen LogP contribution < -0.4 is 22.1 Å².